The maximum absolute atomic E-state index is 11.8. The van der Waals surface area contributed by atoms with Gasteiger partial charge in [-0.2, -0.15) is 5.21 Å². The Balaban J connectivity index is 2.05. The zero-order chi connectivity index (χ0) is 11.5. The Morgan fingerprint density at radius 3 is 2.94 bits per heavy atom. The lowest BCUT2D eigenvalue weighted by Gasteiger charge is -2.29. The quantitative estimate of drug-likeness (QED) is 0.677. The molecule has 1 aromatic rings. The summed E-state index contributed by atoms with van der Waals surface area (Å²) < 4.78 is 0. The van der Waals surface area contributed by atoms with Crippen molar-refractivity contribution in [1.29, 1.82) is 0 Å². The Morgan fingerprint density at radius 1 is 1.50 bits per heavy atom. The summed E-state index contributed by atoms with van der Waals surface area (Å²) in [5, 5.41) is 21.5. The second-order valence-corrected chi connectivity index (χ2v) is 3.66. The van der Waals surface area contributed by atoms with Gasteiger partial charge < -0.3 is 10.0 Å². The number of H-pyrrole nitrogens is 1. The number of carboxylic acid groups (broad SMARTS) is 1. The van der Waals surface area contributed by atoms with E-state index in [1.165, 1.54) is 4.90 Å². The summed E-state index contributed by atoms with van der Waals surface area (Å²) >= 11 is 0. The van der Waals surface area contributed by atoms with Gasteiger partial charge in [0.25, 0.3) is 11.7 Å². The van der Waals surface area contributed by atoms with Crippen LogP contribution in [0.3, 0.4) is 0 Å². The lowest BCUT2D eigenvalue weighted by Crippen LogP contribution is -2.42. The lowest BCUT2D eigenvalue weighted by molar-refractivity contribution is -0.143. The molecule has 0 radical (unpaired) electrons. The number of nitrogens with one attached hydrogen (secondary N) is 1. The fourth-order valence-electron chi connectivity index (χ4n) is 1.76. The Morgan fingerprint density at radius 2 is 2.31 bits per heavy atom. The smallest absolute Gasteiger partial charge is 0.308 e. The molecule has 1 amide bonds. The van der Waals surface area contributed by atoms with E-state index in [0.29, 0.717) is 19.4 Å². The van der Waals surface area contributed by atoms with Gasteiger partial charge in [0.05, 0.1) is 5.92 Å². The highest BCUT2D eigenvalue weighted by Gasteiger charge is 2.30. The summed E-state index contributed by atoms with van der Waals surface area (Å²) in [7, 11) is 0. The number of hydrogen-bond acceptors (Lipinski definition) is 5. The first-order valence-electron chi connectivity index (χ1n) is 4.94. The summed E-state index contributed by atoms with van der Waals surface area (Å²) in [5.41, 5.74) is 0. The van der Waals surface area contributed by atoms with E-state index >= 15 is 0 Å². The molecule has 1 aromatic heterocycles. The normalized spacial score (nSPS) is 20.8. The Kier molecular flexibility index (Phi) is 2.80. The molecule has 0 spiro atoms. The SMILES string of the molecule is O=C(O)[C@H]1CCCN(C(=O)c2nn[nH]n2)C1. The average molecular weight is 225 g/mol. The minimum atomic E-state index is -0.870. The number of carboxylic acids is 1. The van der Waals surface area contributed by atoms with Crippen molar-refractivity contribution >= 4 is 11.9 Å². The van der Waals surface area contributed by atoms with Crippen molar-refractivity contribution in [3.63, 3.8) is 0 Å². The predicted octanol–water partition coefficient (Wildman–Crippen LogP) is -0.864. The molecule has 1 atom stereocenters. The van der Waals surface area contributed by atoms with Crippen LogP contribution in [0.15, 0.2) is 0 Å². The number of amides is 1. The van der Waals surface area contributed by atoms with Gasteiger partial charge in [0.2, 0.25) is 0 Å². The molecule has 0 unspecified atom stereocenters. The molecule has 1 aliphatic rings. The zero-order valence-electron chi connectivity index (χ0n) is 8.46. The van der Waals surface area contributed by atoms with Crippen LogP contribution in [0.5, 0.6) is 0 Å². The minimum Gasteiger partial charge on any atom is -0.481 e. The maximum Gasteiger partial charge on any atom is 0.308 e. The van der Waals surface area contributed by atoms with E-state index in [-0.39, 0.29) is 18.3 Å². The first-order chi connectivity index (χ1) is 7.68. The summed E-state index contributed by atoms with van der Waals surface area (Å²) in [6, 6.07) is 0. The molecule has 0 aromatic carbocycles. The Hall–Kier alpha value is -1.99. The third-order valence-corrected chi connectivity index (χ3v) is 2.59. The molecule has 2 N–H and O–H groups in total. The highest BCUT2D eigenvalue weighted by molar-refractivity contribution is 5.90. The van der Waals surface area contributed by atoms with Crippen LogP contribution in [-0.4, -0.2) is 55.6 Å². The number of rotatable bonds is 2. The fraction of sp³-hybridized carbons (Fsp3) is 0.625. The van der Waals surface area contributed by atoms with Crippen LogP contribution in [0.4, 0.5) is 0 Å². The van der Waals surface area contributed by atoms with Crippen molar-refractivity contribution in [3.05, 3.63) is 5.82 Å². The van der Waals surface area contributed by atoms with E-state index in [9.17, 15) is 9.59 Å². The van der Waals surface area contributed by atoms with Gasteiger partial charge in [-0.25, -0.2) is 0 Å². The van der Waals surface area contributed by atoms with Crippen LogP contribution in [-0.2, 0) is 4.79 Å². The standard InChI is InChI=1S/C8H11N5O3/c14-7(6-9-11-12-10-6)13-3-1-2-5(4-13)8(15)16/h5H,1-4H2,(H,15,16)(H,9,10,11,12)/t5-/m0/s1. The fourth-order valence-corrected chi connectivity index (χ4v) is 1.76. The molecule has 8 nitrogen and oxygen atoms in total. The van der Waals surface area contributed by atoms with Crippen molar-refractivity contribution in [1.82, 2.24) is 25.5 Å². The van der Waals surface area contributed by atoms with Crippen molar-refractivity contribution < 1.29 is 14.7 Å². The summed E-state index contributed by atoms with van der Waals surface area (Å²) in [5.74, 6) is -1.76. The van der Waals surface area contributed by atoms with Crippen molar-refractivity contribution in [2.24, 2.45) is 5.92 Å². The number of aromatic nitrogens is 4. The number of aromatic amines is 1. The molecule has 0 bridgehead atoms. The third kappa shape index (κ3) is 2.00. The topological polar surface area (TPSA) is 112 Å². The Bertz CT molecular complexity index is 390. The lowest BCUT2D eigenvalue weighted by atomic mass is 9.98. The van der Waals surface area contributed by atoms with Gasteiger partial charge in [-0.05, 0) is 18.1 Å². The van der Waals surface area contributed by atoms with Gasteiger partial charge in [0, 0.05) is 13.1 Å². The van der Waals surface area contributed by atoms with E-state index in [0.717, 1.165) is 0 Å². The van der Waals surface area contributed by atoms with Crippen LogP contribution in [0.2, 0.25) is 0 Å². The maximum atomic E-state index is 11.8. The van der Waals surface area contributed by atoms with E-state index < -0.39 is 11.9 Å². The summed E-state index contributed by atoms with van der Waals surface area (Å²) in [4.78, 5) is 24.0. The van der Waals surface area contributed by atoms with Gasteiger partial charge in [0.1, 0.15) is 0 Å². The van der Waals surface area contributed by atoms with Crippen LogP contribution in [0.1, 0.15) is 23.5 Å². The molecule has 16 heavy (non-hydrogen) atoms. The number of likely N-dealkylation sites (tertiary alicyclic amines) is 1. The van der Waals surface area contributed by atoms with E-state index in [4.69, 9.17) is 5.11 Å². The molecular formula is C8H11N5O3. The number of tetrazole rings is 1. The first-order valence-corrected chi connectivity index (χ1v) is 4.94. The summed E-state index contributed by atoms with van der Waals surface area (Å²) in [6.07, 6.45) is 1.28. The highest BCUT2D eigenvalue weighted by Crippen LogP contribution is 2.17. The number of hydrogen-bond donors (Lipinski definition) is 2. The predicted molar refractivity (Wildman–Crippen MR) is 50.4 cm³/mol. The highest BCUT2D eigenvalue weighted by atomic mass is 16.4. The zero-order valence-corrected chi connectivity index (χ0v) is 8.46. The monoisotopic (exact) mass is 225 g/mol. The molecule has 0 saturated carbocycles. The van der Waals surface area contributed by atoms with E-state index in [1.54, 1.807) is 0 Å². The van der Waals surface area contributed by atoms with Crippen LogP contribution in [0.25, 0.3) is 0 Å². The second kappa shape index (κ2) is 4.25. The summed E-state index contributed by atoms with van der Waals surface area (Å²) in [6.45, 7) is 0.750. The van der Waals surface area contributed by atoms with Gasteiger partial charge in [-0.3, -0.25) is 9.59 Å². The largest absolute Gasteiger partial charge is 0.481 e. The number of carbonyl (C=O) groups is 2. The number of carbonyl (C=O) groups excluding carboxylic acids is 1. The third-order valence-electron chi connectivity index (χ3n) is 2.59. The molecule has 2 heterocycles. The minimum absolute atomic E-state index is 0.0222. The van der Waals surface area contributed by atoms with Crippen LogP contribution in [0, 0.1) is 5.92 Å². The second-order valence-electron chi connectivity index (χ2n) is 3.66. The van der Waals surface area contributed by atoms with Crippen molar-refractivity contribution in [2.45, 2.75) is 12.8 Å². The molecule has 1 saturated heterocycles. The average Bonchev–Trinajstić information content (AvgIpc) is 2.81. The molecule has 2 rings (SSSR count). The van der Waals surface area contributed by atoms with Crippen molar-refractivity contribution in [2.75, 3.05) is 13.1 Å². The van der Waals surface area contributed by atoms with Gasteiger partial charge in [-0.1, -0.05) is 0 Å². The first kappa shape index (κ1) is 10.5. The van der Waals surface area contributed by atoms with E-state index in [1.807, 2.05) is 0 Å². The molecule has 0 aliphatic carbocycles. The van der Waals surface area contributed by atoms with Crippen LogP contribution < -0.4 is 0 Å². The molecular weight excluding hydrogens is 214 g/mol. The Labute approximate surface area is 90.6 Å². The van der Waals surface area contributed by atoms with Gasteiger partial charge in [-0.15, -0.1) is 10.2 Å². The molecule has 86 valence electrons. The van der Waals surface area contributed by atoms with Gasteiger partial charge in [0.15, 0.2) is 0 Å². The molecule has 1 fully saturated rings. The number of piperidine rings is 1. The molecule has 8 heteroatoms. The number of nitrogens with zero attached hydrogens (tertiary/aromatic N) is 4. The van der Waals surface area contributed by atoms with E-state index in [2.05, 4.69) is 20.6 Å². The number of aliphatic carboxylic acids is 1. The van der Waals surface area contributed by atoms with Crippen molar-refractivity contribution in [3.8, 4) is 0 Å². The molecule has 1 aliphatic heterocycles. The van der Waals surface area contributed by atoms with Crippen LogP contribution >= 0.6 is 0 Å². The van der Waals surface area contributed by atoms with Gasteiger partial charge >= 0.3 is 5.97 Å².